The minimum Gasteiger partial charge on any atom is -0.327 e. The summed E-state index contributed by atoms with van der Waals surface area (Å²) in [7, 11) is 0. The molecule has 0 saturated carbocycles. The van der Waals surface area contributed by atoms with Crippen LogP contribution in [-0.4, -0.2) is 11.8 Å². The lowest BCUT2D eigenvalue weighted by Gasteiger charge is -2.14. The molecule has 4 heteroatoms. The van der Waals surface area contributed by atoms with E-state index in [9.17, 15) is 9.59 Å². The summed E-state index contributed by atoms with van der Waals surface area (Å²) < 4.78 is 0. The molecule has 4 nitrogen and oxygen atoms in total. The summed E-state index contributed by atoms with van der Waals surface area (Å²) in [5.41, 5.74) is 2.84. The minimum absolute atomic E-state index is 0.0715. The van der Waals surface area contributed by atoms with E-state index in [0.717, 1.165) is 16.6 Å². The number of carbonyl (C=O) groups excluding carboxylic acids is 2. The summed E-state index contributed by atoms with van der Waals surface area (Å²) in [6.45, 7) is 3.00. The fraction of sp³-hybridized carbons (Fsp3) is 0.176. The van der Waals surface area contributed by atoms with Gasteiger partial charge in [-0.3, -0.25) is 9.59 Å². The van der Waals surface area contributed by atoms with Gasteiger partial charge in [0, 0.05) is 31.1 Å². The highest BCUT2D eigenvalue weighted by atomic mass is 16.2. The maximum absolute atomic E-state index is 11.1. The summed E-state index contributed by atoms with van der Waals surface area (Å²) in [4.78, 5) is 22.2. The van der Waals surface area contributed by atoms with Gasteiger partial charge in [-0.1, -0.05) is 18.2 Å². The molecule has 0 aliphatic heterocycles. The maximum Gasteiger partial charge on any atom is 0.221 e. The normalized spacial score (nSPS) is 18.3. The Morgan fingerprint density at radius 2 is 1.76 bits per heavy atom. The Morgan fingerprint density at radius 3 is 2.48 bits per heavy atom. The Balaban J connectivity index is 1.99. The van der Waals surface area contributed by atoms with Crippen LogP contribution in [0.2, 0.25) is 0 Å². The Labute approximate surface area is 122 Å². The molecule has 106 valence electrons. The Kier molecular flexibility index (Phi) is 3.22. The number of anilines is 1. The molecule has 2 amide bonds. The molecule has 0 bridgehead atoms. The number of nitrogens with one attached hydrogen (secondary N) is 2. The Bertz CT molecular complexity index is 816. The fourth-order valence-electron chi connectivity index (χ4n) is 2.76. The number of fused-ring (bicyclic) bond motifs is 2. The molecule has 0 heterocycles. The SMILES string of the molecule is CC(=O)NC1=C[C@H]2C=c3cc(NC(C)=O)ccc3=C2C=C1. The minimum atomic E-state index is -0.0780. The third kappa shape index (κ3) is 2.65. The van der Waals surface area contributed by atoms with Gasteiger partial charge in [0.2, 0.25) is 11.8 Å². The molecule has 21 heavy (non-hydrogen) atoms. The van der Waals surface area contributed by atoms with Crippen LogP contribution in [0.5, 0.6) is 0 Å². The molecule has 2 aliphatic rings. The van der Waals surface area contributed by atoms with Gasteiger partial charge < -0.3 is 10.6 Å². The zero-order valence-corrected chi connectivity index (χ0v) is 11.9. The van der Waals surface area contributed by atoms with Crippen molar-refractivity contribution in [3.8, 4) is 0 Å². The molecule has 0 aromatic heterocycles. The van der Waals surface area contributed by atoms with E-state index in [1.165, 1.54) is 24.6 Å². The Morgan fingerprint density at radius 1 is 1.00 bits per heavy atom. The summed E-state index contributed by atoms with van der Waals surface area (Å²) in [5, 5.41) is 7.87. The first-order chi connectivity index (χ1) is 10.0. The van der Waals surface area contributed by atoms with Gasteiger partial charge in [-0.05, 0) is 40.3 Å². The average Bonchev–Trinajstić information content (AvgIpc) is 2.73. The molecule has 2 aliphatic carbocycles. The molecule has 0 radical (unpaired) electrons. The van der Waals surface area contributed by atoms with E-state index in [1.807, 2.05) is 36.4 Å². The van der Waals surface area contributed by atoms with Crippen molar-refractivity contribution in [3.05, 3.63) is 52.6 Å². The van der Waals surface area contributed by atoms with E-state index in [1.54, 1.807) is 0 Å². The molecule has 3 rings (SSSR count). The predicted octanol–water partition coefficient (Wildman–Crippen LogP) is 0.796. The number of allylic oxidation sites excluding steroid dienone is 3. The zero-order valence-electron chi connectivity index (χ0n) is 11.9. The van der Waals surface area contributed by atoms with E-state index < -0.39 is 0 Å². The topological polar surface area (TPSA) is 58.2 Å². The number of rotatable bonds is 2. The first kappa shape index (κ1) is 13.4. The Hall–Kier alpha value is -2.62. The molecule has 0 fully saturated rings. The van der Waals surface area contributed by atoms with Gasteiger partial charge in [-0.25, -0.2) is 0 Å². The van der Waals surface area contributed by atoms with Crippen LogP contribution >= 0.6 is 0 Å². The molecule has 0 spiro atoms. The summed E-state index contributed by atoms with van der Waals surface area (Å²) in [6.07, 6.45) is 8.13. The second kappa shape index (κ2) is 5.05. The molecule has 1 atom stereocenters. The third-order valence-corrected chi connectivity index (χ3v) is 3.52. The monoisotopic (exact) mass is 280 g/mol. The molecular weight excluding hydrogens is 264 g/mol. The van der Waals surface area contributed by atoms with Gasteiger partial charge in [0.05, 0.1) is 0 Å². The van der Waals surface area contributed by atoms with Crippen molar-refractivity contribution in [1.82, 2.24) is 5.32 Å². The van der Waals surface area contributed by atoms with Gasteiger partial charge in [0.15, 0.2) is 0 Å². The number of hydrogen-bond donors (Lipinski definition) is 2. The largest absolute Gasteiger partial charge is 0.327 e. The van der Waals surface area contributed by atoms with Gasteiger partial charge in [0.1, 0.15) is 0 Å². The number of hydrogen-bond acceptors (Lipinski definition) is 2. The van der Waals surface area contributed by atoms with Crippen LogP contribution in [-0.2, 0) is 9.59 Å². The second-order valence-electron chi connectivity index (χ2n) is 5.27. The van der Waals surface area contributed by atoms with E-state index in [0.29, 0.717) is 0 Å². The highest BCUT2D eigenvalue weighted by molar-refractivity contribution is 5.89. The average molecular weight is 280 g/mol. The van der Waals surface area contributed by atoms with Crippen LogP contribution in [0.1, 0.15) is 13.8 Å². The number of carbonyl (C=O) groups is 2. The van der Waals surface area contributed by atoms with Crippen LogP contribution in [0.4, 0.5) is 5.69 Å². The highest BCUT2D eigenvalue weighted by Gasteiger charge is 2.18. The zero-order chi connectivity index (χ0) is 15.0. The second-order valence-corrected chi connectivity index (χ2v) is 5.27. The van der Waals surface area contributed by atoms with Gasteiger partial charge in [0.25, 0.3) is 0 Å². The van der Waals surface area contributed by atoms with Gasteiger partial charge >= 0.3 is 0 Å². The molecule has 0 saturated heterocycles. The lowest BCUT2D eigenvalue weighted by atomic mass is 9.95. The third-order valence-electron chi connectivity index (χ3n) is 3.52. The fourth-order valence-corrected chi connectivity index (χ4v) is 2.76. The highest BCUT2D eigenvalue weighted by Crippen LogP contribution is 2.25. The van der Waals surface area contributed by atoms with E-state index >= 15 is 0 Å². The van der Waals surface area contributed by atoms with Crippen LogP contribution < -0.4 is 21.1 Å². The van der Waals surface area contributed by atoms with E-state index in [2.05, 4.69) is 16.7 Å². The molecule has 1 aromatic rings. The maximum atomic E-state index is 11.1. The lowest BCUT2D eigenvalue weighted by Crippen LogP contribution is -2.24. The van der Waals surface area contributed by atoms with Gasteiger partial charge in [-0.2, -0.15) is 0 Å². The molecular formula is C17H16N2O2. The van der Waals surface area contributed by atoms with Crippen molar-refractivity contribution in [1.29, 1.82) is 0 Å². The van der Waals surface area contributed by atoms with Crippen molar-refractivity contribution in [2.45, 2.75) is 13.8 Å². The van der Waals surface area contributed by atoms with Crippen LogP contribution in [0.15, 0.2) is 42.1 Å². The van der Waals surface area contributed by atoms with Crippen LogP contribution in [0.25, 0.3) is 11.6 Å². The summed E-state index contributed by atoms with van der Waals surface area (Å²) in [5.74, 6) is 0.0167. The molecule has 0 unspecified atom stereocenters. The van der Waals surface area contributed by atoms with Crippen LogP contribution in [0, 0.1) is 5.92 Å². The molecule has 2 N–H and O–H groups in total. The van der Waals surface area contributed by atoms with Crippen LogP contribution in [0.3, 0.4) is 0 Å². The first-order valence-corrected chi connectivity index (χ1v) is 6.84. The van der Waals surface area contributed by atoms with Crippen molar-refractivity contribution in [2.75, 3.05) is 5.32 Å². The van der Waals surface area contributed by atoms with Crippen molar-refractivity contribution >= 4 is 29.2 Å². The van der Waals surface area contributed by atoms with Crippen molar-refractivity contribution in [3.63, 3.8) is 0 Å². The smallest absolute Gasteiger partial charge is 0.221 e. The number of benzene rings is 1. The van der Waals surface area contributed by atoms with Crippen molar-refractivity contribution < 1.29 is 9.59 Å². The van der Waals surface area contributed by atoms with Gasteiger partial charge in [-0.15, -0.1) is 0 Å². The summed E-state index contributed by atoms with van der Waals surface area (Å²) >= 11 is 0. The number of amides is 2. The lowest BCUT2D eigenvalue weighted by molar-refractivity contribution is -0.118. The van der Waals surface area contributed by atoms with E-state index in [-0.39, 0.29) is 17.7 Å². The quantitative estimate of drug-likeness (QED) is 0.841. The summed E-state index contributed by atoms with van der Waals surface area (Å²) in [6, 6.07) is 5.90. The predicted molar refractivity (Wildman–Crippen MR) is 82.4 cm³/mol. The van der Waals surface area contributed by atoms with Crippen molar-refractivity contribution in [2.24, 2.45) is 5.92 Å². The standard InChI is InChI=1S/C17H16N2O2/c1-10(20)18-14-3-5-16-12(8-14)7-13-9-15(19-11(2)21)4-6-17(13)16/h3-9,12H,1-2H3,(H,18,20)(H,19,21)/t12-/m1/s1. The van der Waals surface area contributed by atoms with E-state index in [4.69, 9.17) is 0 Å². The molecule has 1 aromatic carbocycles. The first-order valence-electron chi connectivity index (χ1n) is 6.84.